The Bertz CT molecular complexity index is 319. The summed E-state index contributed by atoms with van der Waals surface area (Å²) >= 11 is 0. The minimum atomic E-state index is 0.851. The van der Waals surface area contributed by atoms with Crippen LogP contribution in [0, 0.1) is 0 Å². The third-order valence-electron chi connectivity index (χ3n) is 3.53. The quantitative estimate of drug-likeness (QED) is 0.460. The number of aryl methyl sites for hydroxylation is 1. The van der Waals surface area contributed by atoms with Crippen LogP contribution in [0.25, 0.3) is 0 Å². The number of para-hydroxylation sites is 1. The Hall–Kier alpha value is -0.980. The molecule has 0 heterocycles. The molecule has 0 saturated heterocycles. The van der Waals surface area contributed by atoms with Crippen molar-refractivity contribution in [1.29, 1.82) is 0 Å². The molecule has 0 spiro atoms. The topological polar surface area (TPSA) is 9.23 Å². The molecule has 1 aromatic rings. The summed E-state index contributed by atoms with van der Waals surface area (Å²) < 4.78 is 5.87. The lowest BCUT2D eigenvalue weighted by molar-refractivity contribution is 0.306. The van der Waals surface area contributed by atoms with Crippen LogP contribution < -0.4 is 4.74 Å². The third-order valence-corrected chi connectivity index (χ3v) is 3.53. The smallest absolute Gasteiger partial charge is 0.122 e. The molecule has 0 N–H and O–H groups in total. The molecule has 0 atom stereocenters. The van der Waals surface area contributed by atoms with Crippen molar-refractivity contribution < 1.29 is 4.74 Å². The van der Waals surface area contributed by atoms with Crippen LogP contribution in [0.4, 0.5) is 0 Å². The standard InChI is InChI=1S/C18H30O/c1-3-5-7-8-9-10-13-17-14-11-12-15-18(17)19-16-6-4-2/h11-12,14-15H,3-10,13,16H2,1-2H3. The normalized spacial score (nSPS) is 10.6. The fourth-order valence-corrected chi connectivity index (χ4v) is 2.27. The van der Waals surface area contributed by atoms with Crippen molar-refractivity contribution in [2.45, 2.75) is 71.6 Å². The van der Waals surface area contributed by atoms with E-state index in [1.54, 1.807) is 0 Å². The molecule has 0 bridgehead atoms. The zero-order chi connectivity index (χ0) is 13.8. The molecule has 0 aliphatic carbocycles. The Morgan fingerprint density at radius 3 is 2.26 bits per heavy atom. The summed E-state index contributed by atoms with van der Waals surface area (Å²) in [6, 6.07) is 8.53. The van der Waals surface area contributed by atoms with Gasteiger partial charge in [0.05, 0.1) is 6.61 Å². The van der Waals surface area contributed by atoms with E-state index in [0.29, 0.717) is 0 Å². The molecule has 1 rings (SSSR count). The molecule has 0 amide bonds. The molecular weight excluding hydrogens is 232 g/mol. The summed E-state index contributed by atoms with van der Waals surface area (Å²) in [6.45, 7) is 5.32. The van der Waals surface area contributed by atoms with E-state index in [4.69, 9.17) is 4.74 Å². The molecular formula is C18H30O. The third kappa shape index (κ3) is 7.25. The van der Waals surface area contributed by atoms with Gasteiger partial charge in [-0.25, -0.2) is 0 Å². The van der Waals surface area contributed by atoms with Crippen LogP contribution in [-0.4, -0.2) is 6.61 Å². The maximum atomic E-state index is 5.87. The van der Waals surface area contributed by atoms with Gasteiger partial charge in [0.1, 0.15) is 5.75 Å². The van der Waals surface area contributed by atoms with Crippen LogP contribution >= 0.6 is 0 Å². The highest BCUT2D eigenvalue weighted by Gasteiger charge is 2.02. The van der Waals surface area contributed by atoms with Gasteiger partial charge in [0.15, 0.2) is 0 Å². The Balaban J connectivity index is 2.27. The number of unbranched alkanes of at least 4 members (excludes halogenated alkanes) is 6. The van der Waals surface area contributed by atoms with Gasteiger partial charge >= 0.3 is 0 Å². The van der Waals surface area contributed by atoms with Crippen LogP contribution in [0.2, 0.25) is 0 Å². The van der Waals surface area contributed by atoms with Crippen molar-refractivity contribution in [1.82, 2.24) is 0 Å². The van der Waals surface area contributed by atoms with E-state index in [0.717, 1.165) is 25.2 Å². The van der Waals surface area contributed by atoms with Gasteiger partial charge < -0.3 is 4.74 Å². The fraction of sp³-hybridized carbons (Fsp3) is 0.667. The van der Waals surface area contributed by atoms with Gasteiger partial charge in [0.25, 0.3) is 0 Å². The predicted molar refractivity (Wildman–Crippen MR) is 83.9 cm³/mol. The largest absolute Gasteiger partial charge is 0.493 e. The second-order valence-electron chi connectivity index (χ2n) is 5.33. The highest BCUT2D eigenvalue weighted by molar-refractivity contribution is 5.33. The fourth-order valence-electron chi connectivity index (χ4n) is 2.27. The van der Waals surface area contributed by atoms with E-state index < -0.39 is 0 Å². The summed E-state index contributed by atoms with van der Waals surface area (Å²) in [5.74, 6) is 1.10. The summed E-state index contributed by atoms with van der Waals surface area (Å²) in [7, 11) is 0. The highest BCUT2D eigenvalue weighted by atomic mass is 16.5. The SMILES string of the molecule is CCCCCCCCc1ccccc1OCCCC. The maximum absolute atomic E-state index is 5.87. The van der Waals surface area contributed by atoms with Crippen LogP contribution in [-0.2, 0) is 6.42 Å². The van der Waals surface area contributed by atoms with E-state index in [-0.39, 0.29) is 0 Å². The zero-order valence-electron chi connectivity index (χ0n) is 12.8. The van der Waals surface area contributed by atoms with E-state index in [1.807, 2.05) is 0 Å². The summed E-state index contributed by atoms with van der Waals surface area (Å²) in [4.78, 5) is 0. The first-order valence-electron chi connectivity index (χ1n) is 8.09. The maximum Gasteiger partial charge on any atom is 0.122 e. The Morgan fingerprint density at radius 2 is 1.47 bits per heavy atom. The molecule has 1 nitrogen and oxygen atoms in total. The summed E-state index contributed by atoms with van der Waals surface area (Å²) in [5, 5.41) is 0. The van der Waals surface area contributed by atoms with Crippen LogP contribution in [0.1, 0.15) is 70.8 Å². The highest BCUT2D eigenvalue weighted by Crippen LogP contribution is 2.21. The Kier molecular flexibility index (Phi) is 9.22. The minimum absolute atomic E-state index is 0.851. The van der Waals surface area contributed by atoms with Gasteiger partial charge in [-0.1, -0.05) is 70.6 Å². The van der Waals surface area contributed by atoms with Gasteiger partial charge in [-0.05, 0) is 30.9 Å². The number of benzene rings is 1. The molecule has 1 aromatic carbocycles. The molecule has 1 heteroatoms. The number of hydrogen-bond acceptors (Lipinski definition) is 1. The van der Waals surface area contributed by atoms with Crippen molar-refractivity contribution in [3.05, 3.63) is 29.8 Å². The average molecular weight is 262 g/mol. The minimum Gasteiger partial charge on any atom is -0.493 e. The lowest BCUT2D eigenvalue weighted by Crippen LogP contribution is -1.99. The molecule has 0 fully saturated rings. The summed E-state index contributed by atoms with van der Waals surface area (Å²) in [6.07, 6.45) is 11.6. The van der Waals surface area contributed by atoms with Crippen molar-refractivity contribution in [2.75, 3.05) is 6.61 Å². The van der Waals surface area contributed by atoms with Crippen LogP contribution in [0.15, 0.2) is 24.3 Å². The Labute approximate surface area is 119 Å². The molecule has 0 aliphatic heterocycles. The number of hydrogen-bond donors (Lipinski definition) is 0. The van der Waals surface area contributed by atoms with Gasteiger partial charge in [-0.15, -0.1) is 0 Å². The lowest BCUT2D eigenvalue weighted by Gasteiger charge is -2.11. The van der Waals surface area contributed by atoms with Gasteiger partial charge in [-0.2, -0.15) is 0 Å². The van der Waals surface area contributed by atoms with E-state index in [1.165, 1.54) is 50.5 Å². The number of ether oxygens (including phenoxy) is 1. The van der Waals surface area contributed by atoms with Gasteiger partial charge in [0.2, 0.25) is 0 Å². The van der Waals surface area contributed by atoms with E-state index >= 15 is 0 Å². The van der Waals surface area contributed by atoms with E-state index in [9.17, 15) is 0 Å². The zero-order valence-corrected chi connectivity index (χ0v) is 12.8. The van der Waals surface area contributed by atoms with Crippen LogP contribution in [0.3, 0.4) is 0 Å². The van der Waals surface area contributed by atoms with Crippen molar-refractivity contribution in [3.63, 3.8) is 0 Å². The van der Waals surface area contributed by atoms with Gasteiger partial charge in [-0.3, -0.25) is 0 Å². The van der Waals surface area contributed by atoms with Gasteiger partial charge in [0, 0.05) is 0 Å². The predicted octanol–water partition coefficient (Wildman–Crippen LogP) is 5.77. The number of rotatable bonds is 11. The molecule has 108 valence electrons. The molecule has 0 aromatic heterocycles. The first-order valence-corrected chi connectivity index (χ1v) is 8.09. The first kappa shape index (κ1) is 16.1. The molecule has 0 saturated carbocycles. The second kappa shape index (κ2) is 10.9. The molecule has 19 heavy (non-hydrogen) atoms. The average Bonchev–Trinajstić information content (AvgIpc) is 2.44. The second-order valence-corrected chi connectivity index (χ2v) is 5.33. The summed E-state index contributed by atoms with van der Waals surface area (Å²) in [5.41, 5.74) is 1.38. The van der Waals surface area contributed by atoms with Crippen molar-refractivity contribution >= 4 is 0 Å². The molecule has 0 aliphatic rings. The first-order chi connectivity index (χ1) is 9.38. The van der Waals surface area contributed by atoms with Crippen molar-refractivity contribution in [3.8, 4) is 5.75 Å². The monoisotopic (exact) mass is 262 g/mol. The molecule has 0 unspecified atom stereocenters. The van der Waals surface area contributed by atoms with Crippen molar-refractivity contribution in [2.24, 2.45) is 0 Å². The Morgan fingerprint density at radius 1 is 0.789 bits per heavy atom. The van der Waals surface area contributed by atoms with Crippen LogP contribution in [0.5, 0.6) is 5.75 Å². The lowest BCUT2D eigenvalue weighted by atomic mass is 10.0. The van der Waals surface area contributed by atoms with E-state index in [2.05, 4.69) is 38.1 Å². The molecule has 0 radical (unpaired) electrons.